The highest BCUT2D eigenvalue weighted by Crippen LogP contribution is 2.36. The Morgan fingerprint density at radius 2 is 1.77 bits per heavy atom. The van der Waals surface area contributed by atoms with Gasteiger partial charge in [0.05, 0.1) is 25.9 Å². The number of carbonyl (C=O) groups is 2. The van der Waals surface area contributed by atoms with Crippen LogP contribution in [0.15, 0.2) is 53.6 Å². The minimum absolute atomic E-state index is 0.0490. The van der Waals surface area contributed by atoms with Crippen molar-refractivity contribution < 1.29 is 23.8 Å². The highest BCUT2D eigenvalue weighted by Gasteiger charge is 2.26. The average Bonchev–Trinajstić information content (AvgIpc) is 2.95. The number of anilines is 1. The Kier molecular flexibility index (Phi) is 7.50. The number of amides is 1. The monoisotopic (exact) mass is 542 g/mol. The Balaban J connectivity index is 1.38. The molecule has 0 unspecified atom stereocenters. The molecule has 0 fully saturated rings. The van der Waals surface area contributed by atoms with Crippen molar-refractivity contribution >= 4 is 28.4 Å². The molecule has 3 heterocycles. The van der Waals surface area contributed by atoms with E-state index in [1.807, 2.05) is 13.8 Å². The van der Waals surface area contributed by atoms with E-state index < -0.39 is 11.5 Å². The summed E-state index contributed by atoms with van der Waals surface area (Å²) in [6.07, 6.45) is 4.84. The molecule has 1 amide bonds. The molecule has 1 aromatic carbocycles. The molecule has 0 saturated carbocycles. The van der Waals surface area contributed by atoms with E-state index in [0.717, 1.165) is 5.39 Å². The third-order valence-corrected chi connectivity index (χ3v) is 6.72. The molecule has 4 aromatic rings. The number of nitrogens with zero attached hydrogens (tertiary/aromatic N) is 3. The molecule has 0 bridgehead atoms. The Morgan fingerprint density at radius 1 is 1.00 bits per heavy atom. The number of pyridine rings is 3. The van der Waals surface area contributed by atoms with Crippen LogP contribution in [0.4, 0.5) is 5.82 Å². The van der Waals surface area contributed by atoms with Gasteiger partial charge in [-0.1, -0.05) is 13.8 Å². The molecule has 0 aliphatic heterocycles. The minimum Gasteiger partial charge on any atom is -0.493 e. The molecule has 206 valence electrons. The predicted molar refractivity (Wildman–Crippen MR) is 150 cm³/mol. The van der Waals surface area contributed by atoms with Crippen LogP contribution in [0.1, 0.15) is 53.1 Å². The first-order chi connectivity index (χ1) is 19.3. The molecule has 3 aromatic heterocycles. The fourth-order valence-electron chi connectivity index (χ4n) is 4.85. The lowest BCUT2D eigenvalue weighted by molar-refractivity contribution is 0.0970. The van der Waals surface area contributed by atoms with Crippen LogP contribution in [0, 0.1) is 5.92 Å². The number of hydrogen-bond donors (Lipinski definition) is 1. The van der Waals surface area contributed by atoms with Crippen LogP contribution in [0.25, 0.3) is 10.9 Å². The predicted octanol–water partition coefficient (Wildman–Crippen LogP) is 5.03. The van der Waals surface area contributed by atoms with Crippen LogP contribution in [0.3, 0.4) is 0 Å². The fraction of sp³-hybridized carbons (Fsp3) is 0.300. The number of benzene rings is 1. The molecule has 1 aliphatic rings. The number of aromatic nitrogens is 3. The number of ketones is 1. The van der Waals surface area contributed by atoms with Gasteiger partial charge in [0.25, 0.3) is 11.5 Å². The Morgan fingerprint density at radius 3 is 2.48 bits per heavy atom. The number of nitrogens with one attached hydrogen (secondary N) is 1. The molecular weight excluding hydrogens is 512 g/mol. The molecule has 10 nitrogen and oxygen atoms in total. The van der Waals surface area contributed by atoms with Gasteiger partial charge in [-0.2, -0.15) is 0 Å². The lowest BCUT2D eigenvalue weighted by Gasteiger charge is -2.22. The first-order valence-electron chi connectivity index (χ1n) is 13.0. The van der Waals surface area contributed by atoms with Crippen LogP contribution in [0.2, 0.25) is 0 Å². The number of rotatable bonds is 8. The molecular formula is C30H30N4O6. The van der Waals surface area contributed by atoms with Gasteiger partial charge in [0.15, 0.2) is 17.3 Å². The maximum absolute atomic E-state index is 13.3. The van der Waals surface area contributed by atoms with Gasteiger partial charge >= 0.3 is 0 Å². The van der Waals surface area contributed by atoms with E-state index in [2.05, 4.69) is 15.3 Å². The Bertz CT molecular complexity index is 1660. The Hall–Kier alpha value is -4.73. The summed E-state index contributed by atoms with van der Waals surface area (Å²) < 4.78 is 18.4. The average molecular weight is 543 g/mol. The standard InChI is InChI=1S/C30H30N4O6/c1-17(2)16-34-23-6-5-7-24(35)20(23)12-21(30(34)37)29(36)33-28-9-8-18(15-32-28)40-25-10-11-31-22-14-27(39-4)26(38-3)13-19(22)25/h8-15,17H,5-7,16H2,1-4H3,(H,32,33,36). The van der Waals surface area contributed by atoms with Crippen LogP contribution in [0.5, 0.6) is 23.0 Å². The number of fused-ring (bicyclic) bond motifs is 2. The van der Waals surface area contributed by atoms with Crippen LogP contribution < -0.4 is 25.1 Å². The maximum atomic E-state index is 13.3. The zero-order valence-corrected chi connectivity index (χ0v) is 22.8. The van der Waals surface area contributed by atoms with Crippen molar-refractivity contribution in [2.24, 2.45) is 5.92 Å². The van der Waals surface area contributed by atoms with Crippen LogP contribution >= 0.6 is 0 Å². The van der Waals surface area contributed by atoms with Crippen molar-refractivity contribution in [1.82, 2.24) is 14.5 Å². The van der Waals surface area contributed by atoms with E-state index in [1.54, 1.807) is 55.3 Å². The molecule has 1 N–H and O–H groups in total. The summed E-state index contributed by atoms with van der Waals surface area (Å²) in [6, 6.07) is 9.94. The van der Waals surface area contributed by atoms with Gasteiger partial charge in [-0.15, -0.1) is 0 Å². The largest absolute Gasteiger partial charge is 0.493 e. The van der Waals surface area contributed by atoms with E-state index in [1.165, 1.54) is 12.3 Å². The fourth-order valence-corrected chi connectivity index (χ4v) is 4.85. The molecule has 40 heavy (non-hydrogen) atoms. The minimum atomic E-state index is -0.619. The first kappa shape index (κ1) is 26.9. The maximum Gasteiger partial charge on any atom is 0.263 e. The molecule has 0 spiro atoms. The molecule has 10 heteroatoms. The number of methoxy groups -OCH3 is 2. The van der Waals surface area contributed by atoms with Crippen molar-refractivity contribution in [3.05, 3.63) is 76.0 Å². The third-order valence-electron chi connectivity index (χ3n) is 6.72. The van der Waals surface area contributed by atoms with E-state index in [4.69, 9.17) is 14.2 Å². The first-order valence-corrected chi connectivity index (χ1v) is 13.0. The lowest BCUT2D eigenvalue weighted by Crippen LogP contribution is -2.35. The van der Waals surface area contributed by atoms with Gasteiger partial charge in [0.2, 0.25) is 0 Å². The SMILES string of the molecule is COc1cc2nccc(Oc3ccc(NC(=O)c4cc5c(n(CC(C)C)c4=O)CCCC5=O)nc3)c2cc1OC. The zero-order chi connectivity index (χ0) is 28.4. The van der Waals surface area contributed by atoms with Gasteiger partial charge in [0, 0.05) is 41.9 Å². The highest BCUT2D eigenvalue weighted by molar-refractivity contribution is 6.06. The second-order valence-corrected chi connectivity index (χ2v) is 9.97. The van der Waals surface area contributed by atoms with E-state index >= 15 is 0 Å². The molecule has 1 aliphatic carbocycles. The topological polar surface area (TPSA) is 122 Å². The summed E-state index contributed by atoms with van der Waals surface area (Å²) in [6.45, 7) is 4.42. The molecule has 0 radical (unpaired) electrons. The summed E-state index contributed by atoms with van der Waals surface area (Å²) >= 11 is 0. The van der Waals surface area contributed by atoms with Crippen LogP contribution in [-0.4, -0.2) is 40.4 Å². The van der Waals surface area contributed by atoms with Gasteiger partial charge in [-0.25, -0.2) is 4.98 Å². The lowest BCUT2D eigenvalue weighted by atomic mass is 9.92. The number of hydrogen-bond acceptors (Lipinski definition) is 8. The number of carbonyl (C=O) groups excluding carboxylic acids is 2. The smallest absolute Gasteiger partial charge is 0.263 e. The van der Waals surface area contributed by atoms with Gasteiger partial charge in [-0.3, -0.25) is 19.4 Å². The second kappa shape index (κ2) is 11.2. The summed E-state index contributed by atoms with van der Waals surface area (Å²) in [5, 5.41) is 3.40. The second-order valence-electron chi connectivity index (χ2n) is 9.97. The van der Waals surface area contributed by atoms with Crippen molar-refractivity contribution in [3.8, 4) is 23.0 Å². The quantitative estimate of drug-likeness (QED) is 0.329. The van der Waals surface area contributed by atoms with Crippen molar-refractivity contribution in [3.63, 3.8) is 0 Å². The van der Waals surface area contributed by atoms with E-state index in [0.29, 0.717) is 65.6 Å². The molecule has 0 atom stereocenters. The van der Waals surface area contributed by atoms with Gasteiger partial charge in [0.1, 0.15) is 22.9 Å². The Labute approximate surface area is 230 Å². The third kappa shape index (κ3) is 5.25. The summed E-state index contributed by atoms with van der Waals surface area (Å²) in [7, 11) is 3.11. The van der Waals surface area contributed by atoms with Crippen molar-refractivity contribution in [2.75, 3.05) is 19.5 Å². The molecule has 5 rings (SSSR count). The van der Waals surface area contributed by atoms with Crippen molar-refractivity contribution in [2.45, 2.75) is 39.7 Å². The van der Waals surface area contributed by atoms with Gasteiger partial charge in [-0.05, 0) is 49.1 Å². The highest BCUT2D eigenvalue weighted by atomic mass is 16.5. The van der Waals surface area contributed by atoms with E-state index in [-0.39, 0.29) is 23.1 Å². The van der Waals surface area contributed by atoms with Crippen LogP contribution in [-0.2, 0) is 13.0 Å². The number of Topliss-reactive ketones (excluding diaryl/α,β-unsaturated/α-hetero) is 1. The zero-order valence-electron chi connectivity index (χ0n) is 22.8. The van der Waals surface area contributed by atoms with E-state index in [9.17, 15) is 14.4 Å². The summed E-state index contributed by atoms with van der Waals surface area (Å²) in [5.41, 5.74) is 1.34. The molecule has 0 saturated heterocycles. The van der Waals surface area contributed by atoms with Gasteiger partial charge < -0.3 is 24.1 Å². The summed E-state index contributed by atoms with van der Waals surface area (Å²) in [4.78, 5) is 47.7. The number of ether oxygens (including phenoxy) is 3. The normalized spacial score (nSPS) is 12.8. The van der Waals surface area contributed by atoms with Crippen molar-refractivity contribution in [1.29, 1.82) is 0 Å². The summed E-state index contributed by atoms with van der Waals surface area (Å²) in [5.74, 6) is 1.81.